The van der Waals surface area contributed by atoms with Gasteiger partial charge in [0.15, 0.2) is 18.1 Å². The monoisotopic (exact) mass is 492 g/mol. The summed E-state index contributed by atoms with van der Waals surface area (Å²) in [6.07, 6.45) is 1.01. The largest absolute Gasteiger partial charge is 0.493 e. The van der Waals surface area contributed by atoms with Crippen molar-refractivity contribution in [2.75, 3.05) is 13.7 Å². The summed E-state index contributed by atoms with van der Waals surface area (Å²) in [5, 5.41) is 2.99. The predicted octanol–water partition coefficient (Wildman–Crippen LogP) is 4.77. The van der Waals surface area contributed by atoms with Gasteiger partial charge in [-0.3, -0.25) is 9.59 Å². The van der Waals surface area contributed by atoms with Crippen LogP contribution in [0.4, 0.5) is 4.39 Å². The van der Waals surface area contributed by atoms with Crippen LogP contribution in [0.25, 0.3) is 0 Å². The first-order valence-electron chi connectivity index (χ1n) is 12.1. The van der Waals surface area contributed by atoms with Crippen LogP contribution in [0, 0.1) is 5.82 Å². The first-order valence-corrected chi connectivity index (χ1v) is 12.1. The minimum absolute atomic E-state index is 0.0772. The Morgan fingerprint density at radius 1 is 0.944 bits per heavy atom. The molecule has 0 aliphatic heterocycles. The molecule has 7 heteroatoms. The van der Waals surface area contributed by atoms with E-state index in [0.29, 0.717) is 17.1 Å². The molecule has 6 nitrogen and oxygen atoms in total. The number of benzene rings is 3. The van der Waals surface area contributed by atoms with Gasteiger partial charge in [-0.2, -0.15) is 0 Å². The van der Waals surface area contributed by atoms with E-state index in [-0.39, 0.29) is 31.5 Å². The molecular weight excluding hydrogens is 459 g/mol. The molecule has 0 aliphatic carbocycles. The van der Waals surface area contributed by atoms with Gasteiger partial charge < -0.3 is 19.7 Å². The summed E-state index contributed by atoms with van der Waals surface area (Å²) < 4.78 is 25.7. The first kappa shape index (κ1) is 26.7. The fourth-order valence-corrected chi connectivity index (χ4v) is 3.77. The molecular formula is C29H33FN2O4. The Kier molecular flexibility index (Phi) is 9.86. The lowest BCUT2D eigenvalue weighted by Gasteiger charge is -2.32. The topological polar surface area (TPSA) is 67.9 Å². The lowest BCUT2D eigenvalue weighted by Crippen LogP contribution is -2.53. The maximum Gasteiger partial charge on any atom is 0.261 e. The van der Waals surface area contributed by atoms with Crippen LogP contribution in [0.5, 0.6) is 11.5 Å². The van der Waals surface area contributed by atoms with Crippen molar-refractivity contribution in [2.45, 2.75) is 45.3 Å². The van der Waals surface area contributed by atoms with Gasteiger partial charge in [0.2, 0.25) is 5.91 Å². The van der Waals surface area contributed by atoms with E-state index < -0.39 is 17.8 Å². The molecule has 190 valence electrons. The van der Waals surface area contributed by atoms with Gasteiger partial charge in [0.25, 0.3) is 5.91 Å². The Bertz CT molecular complexity index is 1140. The molecule has 3 rings (SSSR count). The van der Waals surface area contributed by atoms with Crippen LogP contribution in [0.3, 0.4) is 0 Å². The van der Waals surface area contributed by atoms with Gasteiger partial charge in [-0.25, -0.2) is 4.39 Å². The molecule has 36 heavy (non-hydrogen) atoms. The average Bonchev–Trinajstić information content (AvgIpc) is 2.90. The van der Waals surface area contributed by atoms with Crippen LogP contribution in [0.15, 0.2) is 78.9 Å². The van der Waals surface area contributed by atoms with E-state index in [1.165, 1.54) is 18.1 Å². The Labute approximate surface area is 212 Å². The van der Waals surface area contributed by atoms with Crippen molar-refractivity contribution in [3.63, 3.8) is 0 Å². The van der Waals surface area contributed by atoms with Crippen molar-refractivity contribution in [3.8, 4) is 11.5 Å². The highest BCUT2D eigenvalue weighted by molar-refractivity contribution is 5.88. The normalized spacial score (nSPS) is 12.3. The smallest absolute Gasteiger partial charge is 0.261 e. The van der Waals surface area contributed by atoms with Crippen molar-refractivity contribution in [1.29, 1.82) is 0 Å². The number of para-hydroxylation sites is 2. The van der Waals surface area contributed by atoms with E-state index in [9.17, 15) is 14.0 Å². The molecule has 0 fully saturated rings. The van der Waals surface area contributed by atoms with Gasteiger partial charge in [-0.1, -0.05) is 67.6 Å². The SMILES string of the molecule is CC[C@@H](C)NC(=O)[C@@H](Cc1ccccc1)N(Cc1ccccc1F)C(=O)COc1ccccc1OC. The third-order valence-corrected chi connectivity index (χ3v) is 5.99. The Hall–Kier alpha value is -3.87. The van der Waals surface area contributed by atoms with Crippen molar-refractivity contribution in [1.82, 2.24) is 10.2 Å². The predicted molar refractivity (Wildman–Crippen MR) is 137 cm³/mol. The molecule has 2 amide bonds. The maximum absolute atomic E-state index is 14.6. The third kappa shape index (κ3) is 7.31. The number of rotatable bonds is 12. The number of carbonyl (C=O) groups excluding carboxylic acids is 2. The Morgan fingerprint density at radius 2 is 1.58 bits per heavy atom. The van der Waals surface area contributed by atoms with Crippen LogP contribution in [0.2, 0.25) is 0 Å². The molecule has 0 radical (unpaired) electrons. The molecule has 0 unspecified atom stereocenters. The number of amides is 2. The summed E-state index contributed by atoms with van der Waals surface area (Å²) in [6.45, 7) is 3.47. The molecule has 0 saturated heterocycles. The van der Waals surface area contributed by atoms with Gasteiger partial charge in [-0.05, 0) is 37.1 Å². The Morgan fingerprint density at radius 3 is 2.25 bits per heavy atom. The minimum atomic E-state index is -0.866. The summed E-state index contributed by atoms with van der Waals surface area (Å²) >= 11 is 0. The molecule has 3 aromatic carbocycles. The standard InChI is InChI=1S/C29H33FN2O4/c1-4-21(2)31-29(34)25(18-22-12-6-5-7-13-22)32(19-23-14-8-9-15-24(23)30)28(33)20-36-27-17-11-10-16-26(27)35-3/h5-17,21,25H,4,18-20H2,1-3H3,(H,31,34)/t21-,25-/m1/s1. The summed E-state index contributed by atoms with van der Waals surface area (Å²) in [7, 11) is 1.52. The number of nitrogens with zero attached hydrogens (tertiary/aromatic N) is 1. The molecule has 0 aromatic heterocycles. The summed E-state index contributed by atoms with van der Waals surface area (Å²) in [6, 6.07) is 21.8. The van der Waals surface area contributed by atoms with Crippen molar-refractivity contribution < 1.29 is 23.5 Å². The second-order valence-electron chi connectivity index (χ2n) is 8.58. The highest BCUT2D eigenvalue weighted by Gasteiger charge is 2.32. The van der Waals surface area contributed by atoms with Gasteiger partial charge in [0.05, 0.1) is 7.11 Å². The van der Waals surface area contributed by atoms with E-state index in [1.807, 2.05) is 44.2 Å². The number of carbonyl (C=O) groups is 2. The number of hydrogen-bond acceptors (Lipinski definition) is 4. The molecule has 0 saturated carbocycles. The summed E-state index contributed by atoms with van der Waals surface area (Å²) in [5.41, 5.74) is 1.20. The zero-order valence-corrected chi connectivity index (χ0v) is 20.9. The number of methoxy groups -OCH3 is 1. The van der Waals surface area contributed by atoms with Gasteiger partial charge in [0, 0.05) is 24.6 Å². The van der Waals surface area contributed by atoms with E-state index in [0.717, 1.165) is 12.0 Å². The fraction of sp³-hybridized carbons (Fsp3) is 0.310. The number of ether oxygens (including phenoxy) is 2. The van der Waals surface area contributed by atoms with Crippen LogP contribution in [0.1, 0.15) is 31.4 Å². The second-order valence-corrected chi connectivity index (χ2v) is 8.58. The second kappa shape index (κ2) is 13.3. The fourth-order valence-electron chi connectivity index (χ4n) is 3.77. The molecule has 2 atom stereocenters. The molecule has 0 bridgehead atoms. The van der Waals surface area contributed by atoms with E-state index in [4.69, 9.17) is 9.47 Å². The van der Waals surface area contributed by atoms with E-state index >= 15 is 0 Å². The lowest BCUT2D eigenvalue weighted by atomic mass is 10.0. The zero-order valence-electron chi connectivity index (χ0n) is 20.9. The number of nitrogens with one attached hydrogen (secondary N) is 1. The highest BCUT2D eigenvalue weighted by atomic mass is 19.1. The van der Waals surface area contributed by atoms with E-state index in [1.54, 1.807) is 42.5 Å². The molecule has 0 aliphatic rings. The first-order chi connectivity index (χ1) is 17.4. The number of halogens is 1. The average molecular weight is 493 g/mol. The minimum Gasteiger partial charge on any atom is -0.493 e. The van der Waals surface area contributed by atoms with Gasteiger partial charge in [-0.15, -0.1) is 0 Å². The van der Waals surface area contributed by atoms with Crippen molar-refractivity contribution in [2.24, 2.45) is 0 Å². The third-order valence-electron chi connectivity index (χ3n) is 5.99. The maximum atomic E-state index is 14.6. The molecule has 0 spiro atoms. The summed E-state index contributed by atoms with van der Waals surface area (Å²) in [5.74, 6) is -0.287. The molecule has 1 N–H and O–H groups in total. The molecule has 0 heterocycles. The van der Waals surface area contributed by atoms with Gasteiger partial charge in [0.1, 0.15) is 11.9 Å². The van der Waals surface area contributed by atoms with Crippen LogP contribution in [-0.4, -0.2) is 42.5 Å². The zero-order chi connectivity index (χ0) is 25.9. The van der Waals surface area contributed by atoms with Crippen LogP contribution < -0.4 is 14.8 Å². The Balaban J connectivity index is 1.94. The highest BCUT2D eigenvalue weighted by Crippen LogP contribution is 2.26. The van der Waals surface area contributed by atoms with Crippen molar-refractivity contribution >= 4 is 11.8 Å². The van der Waals surface area contributed by atoms with Crippen molar-refractivity contribution in [3.05, 3.63) is 95.8 Å². The van der Waals surface area contributed by atoms with Gasteiger partial charge >= 0.3 is 0 Å². The van der Waals surface area contributed by atoms with Crippen LogP contribution in [-0.2, 0) is 22.6 Å². The number of hydrogen-bond donors (Lipinski definition) is 1. The lowest BCUT2D eigenvalue weighted by molar-refractivity contribution is -0.143. The van der Waals surface area contributed by atoms with E-state index in [2.05, 4.69) is 5.32 Å². The van der Waals surface area contributed by atoms with Crippen LogP contribution >= 0.6 is 0 Å². The molecule has 3 aromatic rings. The summed E-state index contributed by atoms with van der Waals surface area (Å²) in [4.78, 5) is 28.4. The quantitative estimate of drug-likeness (QED) is 0.396.